The molecule has 10 aromatic heterocycles. The van der Waals surface area contributed by atoms with Gasteiger partial charge in [0.25, 0.3) is 0 Å². The number of thiophene rings is 10. The van der Waals surface area contributed by atoms with Gasteiger partial charge in [-0.3, -0.25) is 0 Å². The van der Waals surface area contributed by atoms with Crippen molar-refractivity contribution in [3.8, 4) is 0 Å². The van der Waals surface area contributed by atoms with Gasteiger partial charge in [0.1, 0.15) is 0 Å². The highest BCUT2D eigenvalue weighted by molar-refractivity contribution is 7.17. The van der Waals surface area contributed by atoms with Crippen LogP contribution in [0.5, 0.6) is 0 Å². The SMILES string of the molecule is CC(c1ccccc1)=c1ccc(=C(c2ccccc2)c2ccc(C(c3ccccc3)=c3ccc(=C(c4ccccc4)c4ccc(C(c5ccccc5)=c5ccc(=C(c6ccccc6)c6ccc(C(c7ccccc7)=c7ccc(=C(c8ccccc8)c8ccc(C(c9ccccc9)=c9ccc(=C(c%10ccccc%10)c%10ccc(C)s%10)s9)s8)s7)s6)s5)s4)s3)s2)s1. The molecule has 10 aromatic carbocycles. The third-order valence-corrected chi connectivity index (χ3v) is 33.0. The van der Waals surface area contributed by atoms with Crippen molar-refractivity contribution in [3.05, 3.63) is 574 Å². The topological polar surface area (TPSA) is 0 Å². The van der Waals surface area contributed by atoms with E-state index in [1.807, 2.05) is 113 Å². The molecule has 0 bridgehead atoms. The van der Waals surface area contributed by atoms with E-state index in [0.29, 0.717) is 0 Å². The highest BCUT2D eigenvalue weighted by atomic mass is 32.1. The monoisotopic (exact) mass is 1740 g/mol. The van der Waals surface area contributed by atoms with Crippen LogP contribution < -0.4 is 45.3 Å². The molecule has 0 saturated heterocycles. The number of aryl methyl sites for hydroxylation is 1. The summed E-state index contributed by atoms with van der Waals surface area (Å²) < 4.78 is 12.3. The largest absolute Gasteiger partial charge is 0.141 e. The standard InChI is InChI=1S/C112H76S10/c1-73-53-54-86(113-73)104(76-35-15-4-16-36-76)88-57-58-90(115-88)106(78-39-19-6-20-40-78)92-61-62-94(117-92)108(80-43-23-8-24-44-80)96-65-66-98(119-96)110(82-47-27-10-28-48-82)100-69-70-102(121-100)112(84-51-31-12-32-52-84)103-72-71-101(122-103)111(83-49-29-11-30-50-83)99-68-67-97(120-99)109(81-45-25-9-26-46-81)95-64-63-93(118-95)107(79-41-21-7-22-42-79)91-60-59-89(116-91)105(77-37-17-5-18-38-77)87-56-55-85(114-87)74(2)75-33-13-3-14-34-75/h3-72H,1-2H3. The minimum absolute atomic E-state index is 1.18. The van der Waals surface area contributed by atoms with Crippen LogP contribution in [0.3, 0.4) is 0 Å². The normalized spacial score (nSPS) is 14.1. The van der Waals surface area contributed by atoms with E-state index in [0.717, 1.165) is 0 Å². The predicted octanol–water partition coefficient (Wildman–Crippen LogP) is 24.1. The number of rotatable bonds is 19. The molecular formula is C112H76S10. The Bertz CT molecular complexity index is 7750. The molecule has 10 heterocycles. The van der Waals surface area contributed by atoms with Gasteiger partial charge < -0.3 is 0 Å². The smallest absolute Gasteiger partial charge is 0.0369 e. The molecule has 0 atom stereocenters. The van der Waals surface area contributed by atoms with Crippen LogP contribution in [0.25, 0.3) is 55.7 Å². The highest BCUT2D eigenvalue weighted by Gasteiger charge is 2.23. The lowest BCUT2D eigenvalue weighted by Crippen LogP contribution is -2.06. The van der Waals surface area contributed by atoms with Crippen molar-refractivity contribution in [2.24, 2.45) is 0 Å². The van der Waals surface area contributed by atoms with Crippen molar-refractivity contribution in [1.29, 1.82) is 0 Å². The lowest BCUT2D eigenvalue weighted by Gasteiger charge is -2.07. The molecule has 584 valence electrons. The zero-order chi connectivity index (χ0) is 81.7. The molecule has 0 unspecified atom stereocenters. The lowest BCUT2D eigenvalue weighted by atomic mass is 10.0. The van der Waals surface area contributed by atoms with E-state index in [4.69, 9.17) is 0 Å². The third kappa shape index (κ3) is 16.4. The van der Waals surface area contributed by atoms with Crippen LogP contribution in [0, 0.1) is 6.92 Å². The molecule has 0 spiro atoms. The summed E-state index contributed by atoms with van der Waals surface area (Å²) >= 11 is 18.8. The lowest BCUT2D eigenvalue weighted by molar-refractivity contribution is 1.55. The van der Waals surface area contributed by atoms with Gasteiger partial charge in [0, 0.05) is 144 Å². The molecule has 0 aliphatic rings. The van der Waals surface area contributed by atoms with Crippen LogP contribution in [0.15, 0.2) is 425 Å². The second kappa shape index (κ2) is 35.9. The van der Waals surface area contributed by atoms with E-state index in [1.165, 1.54) is 205 Å². The molecule has 0 aliphatic heterocycles. The van der Waals surface area contributed by atoms with Crippen LogP contribution in [0.2, 0.25) is 0 Å². The van der Waals surface area contributed by atoms with Crippen molar-refractivity contribution in [1.82, 2.24) is 0 Å². The van der Waals surface area contributed by atoms with Crippen molar-refractivity contribution in [2.45, 2.75) is 13.8 Å². The second-order valence-electron chi connectivity index (χ2n) is 29.5. The zero-order valence-electron chi connectivity index (χ0n) is 66.5. The van der Waals surface area contributed by atoms with Gasteiger partial charge in [0.15, 0.2) is 0 Å². The summed E-state index contributed by atoms with van der Waals surface area (Å²) in [6.07, 6.45) is 0. The molecule has 0 amide bonds. The minimum Gasteiger partial charge on any atom is -0.141 e. The van der Waals surface area contributed by atoms with E-state index in [9.17, 15) is 0 Å². The Kier molecular flexibility index (Phi) is 23.1. The van der Waals surface area contributed by atoms with E-state index in [2.05, 4.69) is 438 Å². The fraction of sp³-hybridized carbons (Fsp3) is 0.0179. The Morgan fingerprint density at radius 3 is 0.434 bits per heavy atom. The highest BCUT2D eigenvalue weighted by Crippen LogP contribution is 2.40. The van der Waals surface area contributed by atoms with Crippen LogP contribution in [0.4, 0.5) is 0 Å². The summed E-state index contributed by atoms with van der Waals surface area (Å²) in [5, 5.41) is 0. The summed E-state index contributed by atoms with van der Waals surface area (Å²) in [6, 6.07) is 157. The molecule has 0 nitrogen and oxygen atoms in total. The summed E-state index contributed by atoms with van der Waals surface area (Å²) in [7, 11) is 0. The summed E-state index contributed by atoms with van der Waals surface area (Å²) in [5.74, 6) is 0. The van der Waals surface area contributed by atoms with Gasteiger partial charge in [-0.2, -0.15) is 0 Å². The van der Waals surface area contributed by atoms with Gasteiger partial charge in [-0.05, 0) is 196 Å². The molecule has 122 heavy (non-hydrogen) atoms. The molecule has 0 radical (unpaired) electrons. The van der Waals surface area contributed by atoms with Gasteiger partial charge in [0.2, 0.25) is 0 Å². The Balaban J connectivity index is 0.705. The maximum Gasteiger partial charge on any atom is 0.0369 e. The molecule has 0 aliphatic carbocycles. The Labute approximate surface area is 749 Å². The van der Waals surface area contributed by atoms with Crippen LogP contribution >= 0.6 is 113 Å². The Hall–Kier alpha value is -12.1. The first-order valence-electron chi connectivity index (χ1n) is 40.5. The molecule has 10 heteroatoms. The number of benzene rings is 10. The summed E-state index contributed by atoms with van der Waals surface area (Å²) in [6.45, 7) is 4.44. The second-order valence-corrected chi connectivity index (χ2v) is 40.6. The maximum atomic E-state index is 2.37. The summed E-state index contributed by atoms with van der Waals surface area (Å²) in [4.78, 5) is 12.4. The predicted molar refractivity (Wildman–Crippen MR) is 531 cm³/mol. The maximum absolute atomic E-state index is 2.37. The van der Waals surface area contributed by atoms with Gasteiger partial charge >= 0.3 is 0 Å². The van der Waals surface area contributed by atoms with E-state index in [-0.39, 0.29) is 0 Å². The Morgan fingerprint density at radius 2 is 0.270 bits per heavy atom. The van der Waals surface area contributed by atoms with Gasteiger partial charge in [0.05, 0.1) is 0 Å². The van der Waals surface area contributed by atoms with Crippen molar-refractivity contribution in [3.63, 3.8) is 0 Å². The first kappa shape index (κ1) is 78.4. The van der Waals surface area contributed by atoms with Crippen LogP contribution in [-0.4, -0.2) is 0 Å². The van der Waals surface area contributed by atoms with E-state index >= 15 is 0 Å². The van der Waals surface area contributed by atoms with Crippen molar-refractivity contribution < 1.29 is 0 Å². The summed E-state index contributed by atoms with van der Waals surface area (Å²) in [5.41, 5.74) is 24.4. The van der Waals surface area contributed by atoms with Crippen LogP contribution in [0.1, 0.15) is 111 Å². The van der Waals surface area contributed by atoms with Crippen molar-refractivity contribution >= 4 is 169 Å². The first-order chi connectivity index (χ1) is 60.3. The molecule has 0 N–H and O–H groups in total. The van der Waals surface area contributed by atoms with Gasteiger partial charge in [-0.15, -0.1) is 113 Å². The third-order valence-electron chi connectivity index (χ3n) is 21.8. The number of hydrogen-bond acceptors (Lipinski definition) is 10. The van der Waals surface area contributed by atoms with E-state index < -0.39 is 0 Å². The fourth-order valence-electron chi connectivity index (χ4n) is 16.0. The average molecular weight is 1740 g/mol. The van der Waals surface area contributed by atoms with Crippen LogP contribution in [-0.2, 0) is 0 Å². The molecule has 20 aromatic rings. The van der Waals surface area contributed by atoms with Crippen molar-refractivity contribution in [2.75, 3.05) is 0 Å². The first-order valence-corrected chi connectivity index (χ1v) is 48.7. The fourth-order valence-corrected chi connectivity index (χ4v) is 28.0. The number of hydrogen-bond donors (Lipinski definition) is 0. The van der Waals surface area contributed by atoms with E-state index in [1.54, 1.807) is 0 Å². The minimum atomic E-state index is 1.18. The van der Waals surface area contributed by atoms with Gasteiger partial charge in [-0.25, -0.2) is 0 Å². The Morgan fingerprint density at radius 1 is 0.131 bits per heavy atom. The zero-order valence-corrected chi connectivity index (χ0v) is 74.7. The molecule has 0 saturated carbocycles. The quantitative estimate of drug-likeness (QED) is 0.0757. The molecule has 20 rings (SSSR count). The van der Waals surface area contributed by atoms with Gasteiger partial charge in [-0.1, -0.05) is 303 Å². The average Bonchev–Trinajstić information content (AvgIpc) is 1.64. The molecular weight excluding hydrogens is 1670 g/mol. The molecule has 0 fully saturated rings.